The van der Waals surface area contributed by atoms with Gasteiger partial charge in [0.05, 0.1) is 21.4 Å². The van der Waals surface area contributed by atoms with Gasteiger partial charge in [-0.1, -0.05) is 35.3 Å². The second-order valence-corrected chi connectivity index (χ2v) is 7.00. The maximum atomic E-state index is 6.43. The molecule has 0 bridgehead atoms. The summed E-state index contributed by atoms with van der Waals surface area (Å²) < 4.78 is 1.89. The molecular weight excluding hydrogens is 355 g/mol. The maximum absolute atomic E-state index is 6.43. The van der Waals surface area contributed by atoms with Crippen LogP contribution in [0.1, 0.15) is 28.9 Å². The predicted octanol–water partition coefficient (Wildman–Crippen LogP) is 4.98. The number of rotatable bonds is 4. The van der Waals surface area contributed by atoms with Crippen LogP contribution in [-0.2, 0) is 19.4 Å². The highest BCUT2D eigenvalue weighted by Crippen LogP contribution is 2.35. The smallest absolute Gasteiger partial charge is 0.133 e. The quantitative estimate of drug-likeness (QED) is 0.701. The largest absolute Gasteiger partial charge is 0.366 e. The van der Waals surface area contributed by atoms with Crippen molar-refractivity contribution in [1.82, 2.24) is 14.8 Å². The highest BCUT2D eigenvalue weighted by molar-refractivity contribution is 6.43. The van der Waals surface area contributed by atoms with E-state index in [0.29, 0.717) is 16.6 Å². The first-order valence-corrected chi connectivity index (χ1v) is 9.10. The standard InChI is InChI=1S/C19H18Cl2N4/c1-12-13(5-4-10-22-12)11-23-19-14-6-2-8-16(14)24-25(19)17-9-3-7-15(20)18(17)21/h3-5,7,9-10,23H,2,6,8,11H2,1H3. The number of anilines is 1. The molecule has 4 rings (SSSR count). The molecule has 1 aliphatic carbocycles. The molecule has 0 radical (unpaired) electrons. The van der Waals surface area contributed by atoms with Crippen LogP contribution in [0.15, 0.2) is 36.5 Å². The molecule has 1 aliphatic rings. The second-order valence-electron chi connectivity index (χ2n) is 6.21. The zero-order chi connectivity index (χ0) is 17.4. The summed E-state index contributed by atoms with van der Waals surface area (Å²) in [6.07, 6.45) is 4.98. The van der Waals surface area contributed by atoms with Gasteiger partial charge in [-0.2, -0.15) is 5.10 Å². The summed E-state index contributed by atoms with van der Waals surface area (Å²) in [6.45, 7) is 2.71. The molecule has 0 atom stereocenters. The normalized spacial score (nSPS) is 13.1. The highest BCUT2D eigenvalue weighted by atomic mass is 35.5. The first kappa shape index (κ1) is 16.4. The van der Waals surface area contributed by atoms with Crippen molar-refractivity contribution >= 4 is 29.0 Å². The third-order valence-electron chi connectivity index (χ3n) is 4.63. The third-order valence-corrected chi connectivity index (χ3v) is 5.44. The predicted molar refractivity (Wildman–Crippen MR) is 102 cm³/mol. The number of hydrogen-bond acceptors (Lipinski definition) is 3. The molecule has 0 spiro atoms. The van der Waals surface area contributed by atoms with E-state index in [9.17, 15) is 0 Å². The zero-order valence-corrected chi connectivity index (χ0v) is 15.4. The summed E-state index contributed by atoms with van der Waals surface area (Å²) in [5.41, 5.74) is 5.41. The van der Waals surface area contributed by atoms with Crippen molar-refractivity contribution in [2.75, 3.05) is 5.32 Å². The van der Waals surface area contributed by atoms with Crippen LogP contribution in [0, 0.1) is 6.92 Å². The number of aryl methyl sites for hydroxylation is 2. The van der Waals surface area contributed by atoms with E-state index in [1.807, 2.05) is 36.0 Å². The Balaban J connectivity index is 1.74. The molecule has 2 aromatic heterocycles. The molecule has 1 aromatic carbocycles. The van der Waals surface area contributed by atoms with Gasteiger partial charge in [0.25, 0.3) is 0 Å². The van der Waals surface area contributed by atoms with Crippen molar-refractivity contribution in [3.05, 3.63) is 69.1 Å². The fourth-order valence-corrected chi connectivity index (χ4v) is 3.66. The molecule has 6 heteroatoms. The van der Waals surface area contributed by atoms with Gasteiger partial charge in [-0.3, -0.25) is 4.98 Å². The van der Waals surface area contributed by atoms with Gasteiger partial charge in [-0.15, -0.1) is 0 Å². The Morgan fingerprint density at radius 1 is 1.16 bits per heavy atom. The second kappa shape index (κ2) is 6.70. The van der Waals surface area contributed by atoms with Gasteiger partial charge >= 0.3 is 0 Å². The number of hydrogen-bond donors (Lipinski definition) is 1. The van der Waals surface area contributed by atoms with Gasteiger partial charge in [0.2, 0.25) is 0 Å². The fraction of sp³-hybridized carbons (Fsp3) is 0.263. The van der Waals surface area contributed by atoms with E-state index in [0.717, 1.165) is 42.2 Å². The Morgan fingerprint density at radius 3 is 2.88 bits per heavy atom. The van der Waals surface area contributed by atoms with E-state index >= 15 is 0 Å². The van der Waals surface area contributed by atoms with Crippen molar-refractivity contribution in [3.8, 4) is 5.69 Å². The molecule has 2 heterocycles. The van der Waals surface area contributed by atoms with E-state index in [4.69, 9.17) is 28.3 Å². The zero-order valence-electron chi connectivity index (χ0n) is 13.9. The lowest BCUT2D eigenvalue weighted by Gasteiger charge is -2.14. The molecular formula is C19H18Cl2N4. The summed E-state index contributed by atoms with van der Waals surface area (Å²) in [4.78, 5) is 4.36. The van der Waals surface area contributed by atoms with Gasteiger partial charge in [0.1, 0.15) is 5.82 Å². The number of nitrogens with zero attached hydrogens (tertiary/aromatic N) is 3. The van der Waals surface area contributed by atoms with Crippen LogP contribution in [0.5, 0.6) is 0 Å². The van der Waals surface area contributed by atoms with E-state index in [-0.39, 0.29) is 0 Å². The topological polar surface area (TPSA) is 42.7 Å². The van der Waals surface area contributed by atoms with Crippen molar-refractivity contribution in [1.29, 1.82) is 0 Å². The summed E-state index contributed by atoms with van der Waals surface area (Å²) in [5.74, 6) is 1.000. The average molecular weight is 373 g/mol. The first-order valence-electron chi connectivity index (χ1n) is 8.34. The van der Waals surface area contributed by atoms with E-state index in [2.05, 4.69) is 16.4 Å². The summed E-state index contributed by atoms with van der Waals surface area (Å²) >= 11 is 12.6. The number of aromatic nitrogens is 3. The number of halogens is 2. The molecule has 0 aliphatic heterocycles. The molecule has 0 amide bonds. The molecule has 0 fully saturated rings. The van der Waals surface area contributed by atoms with Gasteiger partial charge in [0.15, 0.2) is 0 Å². The van der Waals surface area contributed by atoms with Gasteiger partial charge < -0.3 is 5.32 Å². The van der Waals surface area contributed by atoms with Crippen LogP contribution in [0.25, 0.3) is 5.69 Å². The molecule has 4 nitrogen and oxygen atoms in total. The Bertz CT molecular complexity index is 933. The van der Waals surface area contributed by atoms with Crippen molar-refractivity contribution < 1.29 is 0 Å². The number of nitrogens with one attached hydrogen (secondary N) is 1. The first-order chi connectivity index (χ1) is 12.1. The average Bonchev–Trinajstić information content (AvgIpc) is 3.18. The molecule has 3 aromatic rings. The fourth-order valence-electron chi connectivity index (χ4n) is 3.29. The minimum atomic E-state index is 0.519. The van der Waals surface area contributed by atoms with Crippen molar-refractivity contribution in [3.63, 3.8) is 0 Å². The Labute approximate surface area is 156 Å². The Hall–Kier alpha value is -2.04. The van der Waals surface area contributed by atoms with Crippen molar-refractivity contribution in [2.24, 2.45) is 0 Å². The van der Waals surface area contributed by atoms with Crippen LogP contribution in [-0.4, -0.2) is 14.8 Å². The van der Waals surface area contributed by atoms with Crippen LogP contribution in [0.2, 0.25) is 10.0 Å². The summed E-state index contributed by atoms with van der Waals surface area (Å²) in [5, 5.41) is 9.40. The minimum Gasteiger partial charge on any atom is -0.366 e. The third kappa shape index (κ3) is 3.00. The number of pyridine rings is 1. The molecule has 0 unspecified atom stereocenters. The van der Waals surface area contributed by atoms with Gasteiger partial charge in [-0.25, -0.2) is 4.68 Å². The number of fused-ring (bicyclic) bond motifs is 1. The lowest BCUT2D eigenvalue weighted by Crippen LogP contribution is -2.10. The lowest BCUT2D eigenvalue weighted by atomic mass is 10.2. The number of benzene rings is 1. The molecule has 0 saturated carbocycles. The van der Waals surface area contributed by atoms with Crippen LogP contribution >= 0.6 is 23.2 Å². The van der Waals surface area contributed by atoms with Crippen LogP contribution in [0.3, 0.4) is 0 Å². The molecule has 25 heavy (non-hydrogen) atoms. The summed E-state index contributed by atoms with van der Waals surface area (Å²) in [7, 11) is 0. The maximum Gasteiger partial charge on any atom is 0.133 e. The molecule has 1 N–H and O–H groups in total. The summed E-state index contributed by atoms with van der Waals surface area (Å²) in [6, 6.07) is 9.67. The molecule has 128 valence electrons. The van der Waals surface area contributed by atoms with Gasteiger partial charge in [0, 0.05) is 24.0 Å². The lowest BCUT2D eigenvalue weighted by molar-refractivity contribution is 0.800. The highest BCUT2D eigenvalue weighted by Gasteiger charge is 2.24. The Morgan fingerprint density at radius 2 is 2.04 bits per heavy atom. The monoisotopic (exact) mass is 372 g/mol. The van der Waals surface area contributed by atoms with Crippen LogP contribution < -0.4 is 5.32 Å². The van der Waals surface area contributed by atoms with E-state index < -0.39 is 0 Å². The van der Waals surface area contributed by atoms with E-state index in [1.54, 1.807) is 6.07 Å². The minimum absolute atomic E-state index is 0.519. The SMILES string of the molecule is Cc1ncccc1CNc1c2c(nn1-c1cccc(Cl)c1Cl)CCC2. The Kier molecular flexibility index (Phi) is 4.40. The van der Waals surface area contributed by atoms with Gasteiger partial charge in [-0.05, 0) is 49.9 Å². The van der Waals surface area contributed by atoms with Crippen LogP contribution in [0.4, 0.5) is 5.82 Å². The van der Waals surface area contributed by atoms with E-state index in [1.165, 1.54) is 11.1 Å². The van der Waals surface area contributed by atoms with Crippen molar-refractivity contribution in [2.45, 2.75) is 32.7 Å². The molecule has 0 saturated heterocycles.